The topological polar surface area (TPSA) is 120 Å². The summed E-state index contributed by atoms with van der Waals surface area (Å²) in [6.45, 7) is 7.59. The molecule has 0 unspecified atom stereocenters. The number of hydrogen-bond acceptors (Lipinski definition) is 5. The molecule has 37 heavy (non-hydrogen) atoms. The Morgan fingerprint density at radius 3 is 2.59 bits per heavy atom. The van der Waals surface area contributed by atoms with E-state index in [0.29, 0.717) is 63.0 Å². The molecule has 0 aliphatic carbocycles. The fraction of sp³-hybridized carbons (Fsp3) is 0.259. The lowest BCUT2D eigenvalue weighted by molar-refractivity contribution is -0.110. The molecule has 2 aromatic carbocycles. The normalized spacial score (nSPS) is 14.1. The average molecular weight is 541 g/mol. The maximum absolute atomic E-state index is 13.2. The lowest BCUT2D eigenvalue weighted by Crippen LogP contribution is -2.32. The zero-order valence-electron chi connectivity index (χ0n) is 20.9. The van der Waals surface area contributed by atoms with Gasteiger partial charge < -0.3 is 20.9 Å². The molecule has 4 rings (SSSR count). The summed E-state index contributed by atoms with van der Waals surface area (Å²) in [6, 6.07) is 11.4. The van der Waals surface area contributed by atoms with E-state index < -0.39 is 9.84 Å². The third-order valence-corrected chi connectivity index (χ3v) is 8.30. The van der Waals surface area contributed by atoms with Crippen molar-refractivity contribution in [3.63, 3.8) is 0 Å². The Morgan fingerprint density at radius 2 is 1.86 bits per heavy atom. The van der Waals surface area contributed by atoms with Gasteiger partial charge in [0.25, 0.3) is 11.8 Å². The second-order valence-electron chi connectivity index (χ2n) is 8.84. The van der Waals surface area contributed by atoms with E-state index >= 15 is 0 Å². The van der Waals surface area contributed by atoms with Crippen LogP contribution in [0.15, 0.2) is 47.4 Å². The molecule has 3 aromatic rings. The van der Waals surface area contributed by atoms with Crippen LogP contribution in [0.25, 0.3) is 11.6 Å². The van der Waals surface area contributed by atoms with E-state index in [0.717, 1.165) is 6.54 Å². The number of carbonyl (C=O) groups excluding carboxylic acids is 2. The molecule has 2 amide bonds. The highest BCUT2D eigenvalue weighted by Gasteiger charge is 2.28. The molecule has 1 aromatic heterocycles. The summed E-state index contributed by atoms with van der Waals surface area (Å²) in [6.07, 6.45) is 1.66. The number of sulfone groups is 1. The lowest BCUT2D eigenvalue weighted by Gasteiger charge is -2.08. The number of halogens is 1. The molecule has 194 valence electrons. The van der Waals surface area contributed by atoms with Crippen LogP contribution >= 0.6 is 11.6 Å². The van der Waals surface area contributed by atoms with Gasteiger partial charge in [-0.3, -0.25) is 9.59 Å². The summed E-state index contributed by atoms with van der Waals surface area (Å²) < 4.78 is 26.3. The van der Waals surface area contributed by atoms with Crippen LogP contribution in [0, 0.1) is 13.8 Å². The molecular formula is C27H29ClN4O4S. The Bertz CT molecular complexity index is 1510. The van der Waals surface area contributed by atoms with E-state index in [2.05, 4.69) is 20.9 Å². The second kappa shape index (κ2) is 10.9. The number of carbonyl (C=O) groups is 2. The van der Waals surface area contributed by atoms with Gasteiger partial charge in [0.15, 0.2) is 9.84 Å². The molecule has 1 aliphatic heterocycles. The molecule has 10 heteroatoms. The van der Waals surface area contributed by atoms with Gasteiger partial charge in [0, 0.05) is 40.8 Å². The summed E-state index contributed by atoms with van der Waals surface area (Å²) in [5.74, 6) is -0.801. The number of nitrogens with one attached hydrogen (secondary N) is 4. The van der Waals surface area contributed by atoms with Crippen molar-refractivity contribution in [1.29, 1.82) is 0 Å². The fourth-order valence-corrected chi connectivity index (χ4v) is 6.02. The Balaban J connectivity index is 1.65. The Kier molecular flexibility index (Phi) is 7.87. The van der Waals surface area contributed by atoms with Gasteiger partial charge in [-0.25, -0.2) is 8.42 Å². The minimum atomic E-state index is -3.72. The fourth-order valence-electron chi connectivity index (χ4n) is 4.34. The number of H-pyrrole nitrogens is 1. The smallest absolute Gasteiger partial charge is 0.256 e. The van der Waals surface area contributed by atoms with Crippen molar-refractivity contribution < 1.29 is 18.0 Å². The highest BCUT2D eigenvalue weighted by atomic mass is 35.5. The summed E-state index contributed by atoms with van der Waals surface area (Å²) >= 11 is 6.17. The molecule has 2 heterocycles. The minimum Gasteiger partial charge on any atom is -0.358 e. The first-order valence-corrected chi connectivity index (χ1v) is 14.0. The van der Waals surface area contributed by atoms with Crippen LogP contribution in [0.5, 0.6) is 0 Å². The number of aryl methyl sites for hydroxylation is 1. The molecule has 0 bridgehead atoms. The van der Waals surface area contributed by atoms with Crippen LogP contribution in [0.3, 0.4) is 0 Å². The van der Waals surface area contributed by atoms with Crippen LogP contribution < -0.4 is 16.0 Å². The maximum atomic E-state index is 13.2. The number of rotatable bonds is 9. The molecule has 0 spiro atoms. The Hall–Kier alpha value is -3.40. The van der Waals surface area contributed by atoms with Gasteiger partial charge in [-0.1, -0.05) is 36.7 Å². The van der Waals surface area contributed by atoms with Crippen molar-refractivity contribution in [1.82, 2.24) is 15.6 Å². The van der Waals surface area contributed by atoms with E-state index in [4.69, 9.17) is 11.6 Å². The van der Waals surface area contributed by atoms with Gasteiger partial charge in [-0.15, -0.1) is 0 Å². The van der Waals surface area contributed by atoms with Gasteiger partial charge in [0.05, 0.1) is 21.8 Å². The number of benzene rings is 2. The summed E-state index contributed by atoms with van der Waals surface area (Å²) in [7, 11) is -3.72. The van der Waals surface area contributed by atoms with Crippen molar-refractivity contribution in [2.45, 2.75) is 31.4 Å². The van der Waals surface area contributed by atoms with Gasteiger partial charge >= 0.3 is 0 Å². The van der Waals surface area contributed by atoms with Crippen molar-refractivity contribution in [2.75, 3.05) is 25.0 Å². The second-order valence-corrected chi connectivity index (χ2v) is 11.2. The average Bonchev–Trinajstić information content (AvgIpc) is 3.32. The Morgan fingerprint density at radius 1 is 1.11 bits per heavy atom. The SMILES string of the molecule is CCNCCNC(=O)c1c(C)[nH]c(/C=C2\C(=O)Nc3ccc(S(=O)(=O)Cc4ccccc4Cl)cc32)c1C. The van der Waals surface area contributed by atoms with E-state index in [1.807, 2.05) is 13.8 Å². The van der Waals surface area contributed by atoms with E-state index in [-0.39, 0.29) is 22.5 Å². The number of hydrogen-bond donors (Lipinski definition) is 4. The summed E-state index contributed by atoms with van der Waals surface area (Å²) in [5, 5.41) is 9.22. The highest BCUT2D eigenvalue weighted by molar-refractivity contribution is 7.90. The third kappa shape index (κ3) is 5.64. The standard InChI is InChI=1S/C27H29ClN4O4S/c1-4-29-11-12-30-27(34)25-16(2)24(31-17(25)3)14-21-20-13-19(9-10-23(20)32-26(21)33)37(35,36)15-18-7-5-6-8-22(18)28/h5-10,13-14,29,31H,4,11-12,15H2,1-3H3,(H,30,34)(H,32,33)/b21-14-. The van der Waals surface area contributed by atoms with Gasteiger partial charge in [0.1, 0.15) is 0 Å². The van der Waals surface area contributed by atoms with Crippen molar-refractivity contribution in [3.8, 4) is 0 Å². The highest BCUT2D eigenvalue weighted by Crippen LogP contribution is 2.36. The van der Waals surface area contributed by atoms with Crippen LogP contribution in [0.1, 0.15) is 45.4 Å². The number of aromatic nitrogens is 1. The predicted molar refractivity (Wildman–Crippen MR) is 146 cm³/mol. The zero-order valence-corrected chi connectivity index (χ0v) is 22.4. The summed E-state index contributed by atoms with van der Waals surface area (Å²) in [5.41, 5.74) is 4.34. The predicted octanol–water partition coefficient (Wildman–Crippen LogP) is 4.09. The first-order chi connectivity index (χ1) is 17.6. The quantitative estimate of drug-likeness (QED) is 0.241. The number of anilines is 1. The number of fused-ring (bicyclic) bond motifs is 1. The first-order valence-electron chi connectivity index (χ1n) is 11.9. The van der Waals surface area contributed by atoms with Crippen molar-refractivity contribution >= 4 is 50.6 Å². The summed E-state index contributed by atoms with van der Waals surface area (Å²) in [4.78, 5) is 28.9. The van der Waals surface area contributed by atoms with Gasteiger partial charge in [-0.05, 0) is 61.9 Å². The van der Waals surface area contributed by atoms with Crippen LogP contribution in [0.2, 0.25) is 5.02 Å². The first kappa shape index (κ1) is 26.7. The van der Waals surface area contributed by atoms with Crippen LogP contribution in [0.4, 0.5) is 5.69 Å². The molecule has 0 saturated heterocycles. The number of aromatic amines is 1. The van der Waals surface area contributed by atoms with E-state index in [9.17, 15) is 18.0 Å². The van der Waals surface area contributed by atoms with Gasteiger partial charge in [0.2, 0.25) is 0 Å². The maximum Gasteiger partial charge on any atom is 0.256 e. The monoisotopic (exact) mass is 540 g/mol. The zero-order chi connectivity index (χ0) is 26.7. The largest absolute Gasteiger partial charge is 0.358 e. The molecular weight excluding hydrogens is 512 g/mol. The Labute approximate surface area is 221 Å². The lowest BCUT2D eigenvalue weighted by atomic mass is 10.0. The van der Waals surface area contributed by atoms with Crippen LogP contribution in [-0.4, -0.2) is 44.9 Å². The molecule has 0 radical (unpaired) electrons. The molecule has 4 N–H and O–H groups in total. The van der Waals surface area contributed by atoms with Crippen LogP contribution in [-0.2, 0) is 20.4 Å². The number of amides is 2. The molecule has 8 nitrogen and oxygen atoms in total. The van der Waals surface area contributed by atoms with E-state index in [1.54, 1.807) is 43.3 Å². The van der Waals surface area contributed by atoms with Crippen molar-refractivity contribution in [2.24, 2.45) is 0 Å². The number of likely N-dealkylation sites (N-methyl/N-ethyl adjacent to an activating group) is 1. The van der Waals surface area contributed by atoms with Crippen molar-refractivity contribution in [3.05, 3.63) is 81.1 Å². The minimum absolute atomic E-state index is 0.0914. The molecule has 0 atom stereocenters. The molecule has 0 fully saturated rings. The van der Waals surface area contributed by atoms with E-state index in [1.165, 1.54) is 12.1 Å². The van der Waals surface area contributed by atoms with Gasteiger partial charge in [-0.2, -0.15) is 0 Å². The molecule has 1 aliphatic rings. The third-order valence-electron chi connectivity index (χ3n) is 6.27. The molecule has 0 saturated carbocycles.